The maximum atomic E-state index is 6.01. The van der Waals surface area contributed by atoms with Gasteiger partial charge in [0, 0.05) is 5.60 Å². The van der Waals surface area contributed by atoms with Gasteiger partial charge in [0.2, 0.25) is 0 Å². The predicted molar refractivity (Wildman–Crippen MR) is 69.4 cm³/mol. The molecule has 3 unspecified atom stereocenters. The van der Waals surface area contributed by atoms with E-state index in [2.05, 4.69) is 20.8 Å². The Hall–Kier alpha value is 0.137. The molecule has 0 radical (unpaired) electrons. The first-order valence-corrected chi connectivity index (χ1v) is 8.48. The third-order valence-electron chi connectivity index (χ3n) is 4.21. The third kappa shape index (κ3) is 3.57. The molecule has 2 fully saturated rings. The van der Waals surface area contributed by atoms with Gasteiger partial charge in [-0.25, -0.2) is 0 Å². The Morgan fingerprint density at radius 3 is 2.81 bits per heavy atom. The lowest BCUT2D eigenvalue weighted by Gasteiger charge is -2.25. The molecule has 3 heteroatoms. The first kappa shape index (κ1) is 12.6. The van der Waals surface area contributed by atoms with Crippen LogP contribution >= 0.6 is 0 Å². The van der Waals surface area contributed by atoms with Gasteiger partial charge in [-0.05, 0) is 51.5 Å². The Morgan fingerprint density at radius 2 is 2.12 bits per heavy atom. The Bertz CT molecular complexity index is 230. The molecule has 0 aromatic rings. The molecule has 1 aliphatic carbocycles. The molecule has 94 valence electrons. The van der Waals surface area contributed by atoms with Gasteiger partial charge in [-0.1, -0.05) is 13.3 Å². The molecule has 1 heterocycles. The number of fused-ring (bicyclic) bond motifs is 1. The highest BCUT2D eigenvalue weighted by Gasteiger charge is 2.43. The van der Waals surface area contributed by atoms with Crippen molar-refractivity contribution in [3.05, 3.63) is 0 Å². The number of hydrogen-bond acceptors (Lipinski definition) is 2. The maximum absolute atomic E-state index is 6.01. The smallest absolute Gasteiger partial charge is 0.162 e. The minimum absolute atomic E-state index is 0.128. The van der Waals surface area contributed by atoms with E-state index in [1.807, 2.05) is 0 Å². The standard InChI is InChI=1S/C13H26O2Si/c1-4-13(2,3)15-16-8-7-10-5-6-11-12(9-10)14-11/h10-12H,4-9,16H2,1-3H3. The van der Waals surface area contributed by atoms with E-state index >= 15 is 0 Å². The molecule has 0 spiro atoms. The van der Waals surface area contributed by atoms with Crippen molar-refractivity contribution in [2.45, 2.75) is 76.7 Å². The SMILES string of the molecule is CCC(C)(C)O[SiH2]CCC1CCC2OC2C1. The molecule has 2 nitrogen and oxygen atoms in total. The van der Waals surface area contributed by atoms with Crippen molar-refractivity contribution in [3.8, 4) is 0 Å². The lowest BCUT2D eigenvalue weighted by Crippen LogP contribution is -2.25. The molecule has 3 atom stereocenters. The van der Waals surface area contributed by atoms with Crippen LogP contribution in [0.3, 0.4) is 0 Å². The minimum Gasteiger partial charge on any atom is -0.419 e. The summed E-state index contributed by atoms with van der Waals surface area (Å²) in [6, 6.07) is 1.35. The molecule has 0 N–H and O–H groups in total. The van der Waals surface area contributed by atoms with E-state index in [-0.39, 0.29) is 15.4 Å². The Morgan fingerprint density at radius 1 is 1.31 bits per heavy atom. The average molecular weight is 242 g/mol. The first-order chi connectivity index (χ1) is 7.61. The lowest BCUT2D eigenvalue weighted by atomic mass is 9.88. The summed E-state index contributed by atoms with van der Waals surface area (Å²) in [5, 5.41) is 0. The number of epoxide rings is 1. The Labute approximate surface area is 102 Å². The molecule has 0 aromatic carbocycles. The van der Waals surface area contributed by atoms with E-state index in [9.17, 15) is 0 Å². The normalized spacial score (nSPS) is 34.3. The second kappa shape index (κ2) is 5.19. The van der Waals surface area contributed by atoms with Gasteiger partial charge in [0.05, 0.1) is 12.2 Å². The largest absolute Gasteiger partial charge is 0.419 e. The highest BCUT2D eigenvalue weighted by Crippen LogP contribution is 2.40. The fourth-order valence-electron chi connectivity index (χ4n) is 2.57. The molecule has 1 saturated heterocycles. The van der Waals surface area contributed by atoms with Gasteiger partial charge >= 0.3 is 0 Å². The van der Waals surface area contributed by atoms with Gasteiger partial charge in [0.25, 0.3) is 0 Å². The van der Waals surface area contributed by atoms with Gasteiger partial charge in [0.1, 0.15) is 0 Å². The van der Waals surface area contributed by atoms with Crippen molar-refractivity contribution in [2.75, 3.05) is 0 Å². The Balaban J connectivity index is 1.54. The molecule has 0 aromatic heterocycles. The van der Waals surface area contributed by atoms with E-state index < -0.39 is 0 Å². The second-order valence-corrected chi connectivity index (χ2v) is 7.40. The summed E-state index contributed by atoms with van der Waals surface area (Å²) in [6.07, 6.45) is 7.86. The van der Waals surface area contributed by atoms with Crippen LogP contribution in [0.15, 0.2) is 0 Å². The zero-order chi connectivity index (χ0) is 11.6. The van der Waals surface area contributed by atoms with Crippen molar-refractivity contribution < 1.29 is 9.16 Å². The number of hydrogen-bond donors (Lipinski definition) is 0. The highest BCUT2D eigenvalue weighted by atomic mass is 28.2. The first-order valence-electron chi connectivity index (χ1n) is 6.90. The van der Waals surface area contributed by atoms with Gasteiger partial charge in [-0.3, -0.25) is 0 Å². The predicted octanol–water partition coefficient (Wildman–Crippen LogP) is 2.65. The summed E-state index contributed by atoms with van der Waals surface area (Å²) in [5.41, 5.74) is 0.128. The highest BCUT2D eigenvalue weighted by molar-refractivity contribution is 6.27. The van der Waals surface area contributed by atoms with Crippen LogP contribution in [0.25, 0.3) is 0 Å². The fourth-order valence-corrected chi connectivity index (χ4v) is 4.22. The van der Waals surface area contributed by atoms with Crippen LogP contribution in [-0.4, -0.2) is 27.6 Å². The zero-order valence-corrected chi connectivity index (χ0v) is 12.4. The van der Waals surface area contributed by atoms with Gasteiger partial charge in [-0.15, -0.1) is 0 Å². The van der Waals surface area contributed by atoms with Crippen LogP contribution in [0.2, 0.25) is 6.04 Å². The van der Waals surface area contributed by atoms with Crippen molar-refractivity contribution in [1.82, 2.24) is 0 Å². The summed E-state index contributed by atoms with van der Waals surface area (Å²) < 4.78 is 11.6. The maximum Gasteiger partial charge on any atom is 0.162 e. The van der Waals surface area contributed by atoms with Crippen molar-refractivity contribution in [3.63, 3.8) is 0 Å². The van der Waals surface area contributed by atoms with E-state index in [1.165, 1.54) is 31.7 Å². The molecule has 1 aliphatic heterocycles. The van der Waals surface area contributed by atoms with Crippen LogP contribution < -0.4 is 0 Å². The van der Waals surface area contributed by atoms with Crippen LogP contribution in [-0.2, 0) is 9.16 Å². The van der Waals surface area contributed by atoms with Crippen LogP contribution in [0, 0.1) is 5.92 Å². The van der Waals surface area contributed by atoms with Gasteiger partial charge in [-0.2, -0.15) is 0 Å². The Kier molecular flexibility index (Phi) is 4.09. The summed E-state index contributed by atoms with van der Waals surface area (Å²) in [6.45, 7) is 6.63. The van der Waals surface area contributed by atoms with Crippen LogP contribution in [0.1, 0.15) is 52.9 Å². The monoisotopic (exact) mass is 242 g/mol. The van der Waals surface area contributed by atoms with Crippen molar-refractivity contribution in [1.29, 1.82) is 0 Å². The molecular formula is C13H26O2Si. The van der Waals surface area contributed by atoms with E-state index in [0.29, 0.717) is 12.2 Å². The second-order valence-electron chi connectivity index (χ2n) is 6.00. The number of ether oxygens (including phenoxy) is 1. The van der Waals surface area contributed by atoms with Crippen molar-refractivity contribution >= 4 is 9.76 Å². The fraction of sp³-hybridized carbons (Fsp3) is 1.00. The number of rotatable bonds is 6. The summed E-state index contributed by atoms with van der Waals surface area (Å²) in [4.78, 5) is 0. The van der Waals surface area contributed by atoms with Gasteiger partial charge in [0.15, 0.2) is 9.76 Å². The van der Waals surface area contributed by atoms with E-state index in [1.54, 1.807) is 0 Å². The topological polar surface area (TPSA) is 21.8 Å². The molecule has 1 saturated carbocycles. The molecule has 2 rings (SSSR count). The molecule has 0 amide bonds. The molecular weight excluding hydrogens is 216 g/mol. The quantitative estimate of drug-likeness (QED) is 0.406. The summed E-state index contributed by atoms with van der Waals surface area (Å²) in [7, 11) is -0.293. The minimum atomic E-state index is -0.293. The van der Waals surface area contributed by atoms with Crippen LogP contribution in [0.5, 0.6) is 0 Å². The van der Waals surface area contributed by atoms with E-state index in [0.717, 1.165) is 12.3 Å². The molecule has 0 bridgehead atoms. The molecule has 2 aliphatic rings. The average Bonchev–Trinajstić information content (AvgIpc) is 3.02. The van der Waals surface area contributed by atoms with E-state index in [4.69, 9.17) is 9.16 Å². The van der Waals surface area contributed by atoms with Crippen molar-refractivity contribution in [2.24, 2.45) is 5.92 Å². The third-order valence-corrected chi connectivity index (χ3v) is 5.90. The summed E-state index contributed by atoms with van der Waals surface area (Å²) in [5.74, 6) is 0.935. The summed E-state index contributed by atoms with van der Waals surface area (Å²) >= 11 is 0. The lowest BCUT2D eigenvalue weighted by molar-refractivity contribution is 0.110. The zero-order valence-electron chi connectivity index (χ0n) is 11.0. The van der Waals surface area contributed by atoms with Gasteiger partial charge < -0.3 is 9.16 Å². The molecule has 16 heavy (non-hydrogen) atoms. The van der Waals surface area contributed by atoms with Crippen LogP contribution in [0.4, 0.5) is 0 Å².